The van der Waals surface area contributed by atoms with Crippen LogP contribution in [0.1, 0.15) is 17.5 Å². The van der Waals surface area contributed by atoms with E-state index in [1.807, 2.05) is 0 Å². The van der Waals surface area contributed by atoms with Crippen molar-refractivity contribution in [1.82, 2.24) is 4.31 Å². The van der Waals surface area contributed by atoms with E-state index in [1.54, 1.807) is 38.4 Å². The summed E-state index contributed by atoms with van der Waals surface area (Å²) in [6, 6.07) is 7.03. The molecule has 0 aliphatic rings. The summed E-state index contributed by atoms with van der Waals surface area (Å²) in [5.74, 6) is -0.107. The zero-order valence-corrected chi connectivity index (χ0v) is 13.3. The lowest BCUT2D eigenvalue weighted by Gasteiger charge is -2.18. The van der Waals surface area contributed by atoms with E-state index in [-0.39, 0.29) is 10.7 Å². The van der Waals surface area contributed by atoms with Gasteiger partial charge in [0, 0.05) is 32.9 Å². The first-order valence-corrected chi connectivity index (χ1v) is 8.21. The fourth-order valence-electron chi connectivity index (χ4n) is 1.76. The van der Waals surface area contributed by atoms with Gasteiger partial charge >= 0.3 is 0 Å². The van der Waals surface area contributed by atoms with Gasteiger partial charge in [0.25, 0.3) is 0 Å². The standard InChI is InChI=1S/C13H20N2O3S2/c1-15(8-5-9-18-2)20(16,17)10-11-6-3-4-7-12(11)13(14)19/h3-4,6-7H,5,8-10H2,1-2H3,(H2,14,19). The van der Waals surface area contributed by atoms with Crippen LogP contribution in [0.15, 0.2) is 24.3 Å². The van der Waals surface area contributed by atoms with Gasteiger partial charge in [0.1, 0.15) is 4.99 Å². The van der Waals surface area contributed by atoms with Crippen molar-refractivity contribution < 1.29 is 13.2 Å². The van der Waals surface area contributed by atoms with Crippen LogP contribution in [0.5, 0.6) is 0 Å². The summed E-state index contributed by atoms with van der Waals surface area (Å²) in [5, 5.41) is 0. The molecule has 1 aromatic carbocycles. The van der Waals surface area contributed by atoms with Gasteiger partial charge in [-0.2, -0.15) is 0 Å². The molecule has 0 radical (unpaired) electrons. The third kappa shape index (κ3) is 4.82. The van der Waals surface area contributed by atoms with Crippen molar-refractivity contribution in [3.05, 3.63) is 35.4 Å². The highest BCUT2D eigenvalue weighted by molar-refractivity contribution is 7.88. The van der Waals surface area contributed by atoms with Crippen LogP contribution in [0, 0.1) is 0 Å². The average molecular weight is 316 g/mol. The Hall–Kier alpha value is -1.02. The van der Waals surface area contributed by atoms with Crippen molar-refractivity contribution >= 4 is 27.2 Å². The molecule has 1 rings (SSSR count). The Morgan fingerprint density at radius 1 is 1.40 bits per heavy atom. The van der Waals surface area contributed by atoms with Gasteiger partial charge in [0.2, 0.25) is 10.0 Å². The zero-order chi connectivity index (χ0) is 15.2. The summed E-state index contributed by atoms with van der Waals surface area (Å²) < 4.78 is 30.8. The minimum atomic E-state index is -3.39. The third-order valence-electron chi connectivity index (χ3n) is 2.92. The molecule has 20 heavy (non-hydrogen) atoms. The van der Waals surface area contributed by atoms with Gasteiger partial charge in [0.15, 0.2) is 0 Å². The van der Waals surface area contributed by atoms with E-state index in [4.69, 9.17) is 22.7 Å². The molecule has 0 heterocycles. The Kier molecular flexibility index (Phi) is 6.54. The first-order valence-electron chi connectivity index (χ1n) is 6.19. The lowest BCUT2D eigenvalue weighted by atomic mass is 10.1. The molecule has 112 valence electrons. The number of rotatable bonds is 8. The maximum atomic E-state index is 12.3. The number of thiocarbonyl (C=S) groups is 1. The first-order chi connectivity index (χ1) is 9.38. The number of nitrogens with zero attached hydrogens (tertiary/aromatic N) is 1. The van der Waals surface area contributed by atoms with Gasteiger partial charge in [-0.15, -0.1) is 0 Å². The molecule has 0 atom stereocenters. The Morgan fingerprint density at radius 3 is 2.65 bits per heavy atom. The quantitative estimate of drug-likeness (QED) is 0.575. The van der Waals surface area contributed by atoms with Gasteiger partial charge in [0.05, 0.1) is 5.75 Å². The van der Waals surface area contributed by atoms with E-state index in [1.165, 1.54) is 4.31 Å². The summed E-state index contributed by atoms with van der Waals surface area (Å²) in [5.41, 5.74) is 6.85. The van der Waals surface area contributed by atoms with Crippen LogP contribution in [0.2, 0.25) is 0 Å². The van der Waals surface area contributed by atoms with Crippen molar-refractivity contribution in [3.8, 4) is 0 Å². The van der Waals surface area contributed by atoms with Gasteiger partial charge in [-0.3, -0.25) is 0 Å². The average Bonchev–Trinajstić information content (AvgIpc) is 2.38. The number of hydrogen-bond acceptors (Lipinski definition) is 4. The highest BCUT2D eigenvalue weighted by Crippen LogP contribution is 2.15. The normalized spacial score (nSPS) is 11.8. The summed E-state index contributed by atoms with van der Waals surface area (Å²) in [4.78, 5) is 0.206. The molecule has 0 spiro atoms. The van der Waals surface area contributed by atoms with E-state index in [0.29, 0.717) is 30.7 Å². The Labute approximate surface area is 125 Å². The van der Waals surface area contributed by atoms with Gasteiger partial charge in [-0.1, -0.05) is 36.5 Å². The molecule has 0 aliphatic heterocycles. The van der Waals surface area contributed by atoms with Crippen LogP contribution in [0.4, 0.5) is 0 Å². The second-order valence-corrected chi connectivity index (χ2v) is 6.96. The van der Waals surface area contributed by atoms with Gasteiger partial charge in [-0.25, -0.2) is 12.7 Å². The fraction of sp³-hybridized carbons (Fsp3) is 0.462. The molecular weight excluding hydrogens is 296 g/mol. The van der Waals surface area contributed by atoms with Crippen LogP contribution in [0.3, 0.4) is 0 Å². The SMILES string of the molecule is COCCCN(C)S(=O)(=O)Cc1ccccc1C(N)=S. The molecule has 0 saturated carbocycles. The summed E-state index contributed by atoms with van der Waals surface area (Å²) >= 11 is 4.94. The van der Waals surface area contributed by atoms with Crippen LogP contribution in [-0.4, -0.2) is 45.0 Å². The largest absolute Gasteiger partial charge is 0.389 e. The molecule has 0 amide bonds. The maximum Gasteiger partial charge on any atom is 0.218 e. The summed E-state index contributed by atoms with van der Waals surface area (Å²) in [7, 11) is -0.233. The molecule has 5 nitrogen and oxygen atoms in total. The molecule has 0 unspecified atom stereocenters. The van der Waals surface area contributed by atoms with Crippen molar-refractivity contribution in [1.29, 1.82) is 0 Å². The van der Waals surface area contributed by atoms with Crippen LogP contribution >= 0.6 is 12.2 Å². The van der Waals surface area contributed by atoms with E-state index < -0.39 is 10.0 Å². The molecule has 0 saturated heterocycles. The smallest absolute Gasteiger partial charge is 0.218 e. The Balaban J connectivity index is 2.83. The minimum absolute atomic E-state index is 0.107. The van der Waals surface area contributed by atoms with E-state index in [9.17, 15) is 8.42 Å². The van der Waals surface area contributed by atoms with E-state index >= 15 is 0 Å². The summed E-state index contributed by atoms with van der Waals surface area (Å²) in [6.45, 7) is 0.953. The number of benzene rings is 1. The minimum Gasteiger partial charge on any atom is -0.389 e. The Bertz CT molecular complexity index is 558. The predicted molar refractivity (Wildman–Crippen MR) is 84.1 cm³/mol. The van der Waals surface area contributed by atoms with Crippen LogP contribution in [-0.2, 0) is 20.5 Å². The predicted octanol–water partition coefficient (Wildman–Crippen LogP) is 1.12. The molecule has 7 heteroatoms. The monoisotopic (exact) mass is 316 g/mol. The second kappa shape index (κ2) is 7.68. The van der Waals surface area contributed by atoms with Crippen molar-refractivity contribution in [2.75, 3.05) is 27.3 Å². The lowest BCUT2D eigenvalue weighted by molar-refractivity contribution is 0.189. The van der Waals surface area contributed by atoms with E-state index in [0.717, 1.165) is 0 Å². The molecule has 0 aliphatic carbocycles. The van der Waals surface area contributed by atoms with Crippen molar-refractivity contribution in [2.24, 2.45) is 5.73 Å². The molecular formula is C13H20N2O3S2. The fourth-order valence-corrected chi connectivity index (χ4v) is 3.24. The highest BCUT2D eigenvalue weighted by atomic mass is 32.2. The number of ether oxygens (including phenoxy) is 1. The number of hydrogen-bond donors (Lipinski definition) is 1. The second-order valence-electron chi connectivity index (χ2n) is 4.45. The molecule has 2 N–H and O–H groups in total. The van der Waals surface area contributed by atoms with Gasteiger partial charge in [-0.05, 0) is 12.0 Å². The van der Waals surface area contributed by atoms with Crippen LogP contribution < -0.4 is 5.73 Å². The Morgan fingerprint density at radius 2 is 2.05 bits per heavy atom. The highest BCUT2D eigenvalue weighted by Gasteiger charge is 2.20. The summed E-state index contributed by atoms with van der Waals surface area (Å²) in [6.07, 6.45) is 0.656. The van der Waals surface area contributed by atoms with Gasteiger partial charge < -0.3 is 10.5 Å². The first kappa shape index (κ1) is 17.0. The lowest BCUT2D eigenvalue weighted by Crippen LogP contribution is -2.30. The van der Waals surface area contributed by atoms with Crippen molar-refractivity contribution in [2.45, 2.75) is 12.2 Å². The topological polar surface area (TPSA) is 72.6 Å². The van der Waals surface area contributed by atoms with Crippen molar-refractivity contribution in [3.63, 3.8) is 0 Å². The molecule has 1 aromatic rings. The molecule has 0 aromatic heterocycles. The molecule has 0 fully saturated rings. The number of methoxy groups -OCH3 is 1. The third-order valence-corrected chi connectivity index (χ3v) is 4.95. The number of nitrogens with two attached hydrogens (primary N) is 1. The maximum absolute atomic E-state index is 12.3. The zero-order valence-electron chi connectivity index (χ0n) is 11.7. The number of sulfonamides is 1. The van der Waals surface area contributed by atoms with Crippen LogP contribution in [0.25, 0.3) is 0 Å². The van der Waals surface area contributed by atoms with E-state index in [2.05, 4.69) is 0 Å². The molecule has 0 bridgehead atoms.